The normalized spacial score (nSPS) is 12.1. The molecule has 0 atom stereocenters. The first-order valence-electron chi connectivity index (χ1n) is 14.9. The summed E-state index contributed by atoms with van der Waals surface area (Å²) in [4.78, 5) is 11.9. The smallest absolute Gasteiger partial charge is 0.221 e. The standard InChI is InChI=1S/C25H58N8O6S2/c1-3-26-10-4-12-29-23-30-13-6-17-33-41(37,38)22-19-28-11-5-16-32-25(34)9-18-27-14-7-20-39-24-31-15-8-21-40(2,35)36/h26-31,33H,3-24H2,1-2H3,(H,32,34). The van der Waals surface area contributed by atoms with Crippen LogP contribution in [0.15, 0.2) is 0 Å². The van der Waals surface area contributed by atoms with E-state index in [0.717, 1.165) is 65.1 Å². The van der Waals surface area contributed by atoms with Crippen molar-refractivity contribution in [1.82, 2.24) is 41.9 Å². The predicted molar refractivity (Wildman–Crippen MR) is 166 cm³/mol. The fraction of sp³-hybridized carbons (Fsp3) is 0.960. The lowest BCUT2D eigenvalue weighted by molar-refractivity contribution is -0.121. The highest BCUT2D eigenvalue weighted by Crippen LogP contribution is 1.88. The minimum absolute atomic E-state index is 0.0200. The van der Waals surface area contributed by atoms with E-state index < -0.39 is 19.9 Å². The molecule has 0 heterocycles. The summed E-state index contributed by atoms with van der Waals surface area (Å²) >= 11 is 0. The molecule has 0 rings (SSSR count). The second-order valence-electron chi connectivity index (χ2n) is 9.79. The molecule has 0 aromatic heterocycles. The molecule has 0 bridgehead atoms. The first kappa shape index (κ1) is 40.1. The molecule has 0 unspecified atom stereocenters. The van der Waals surface area contributed by atoms with Crippen molar-refractivity contribution in [2.45, 2.75) is 45.4 Å². The number of nitrogens with one attached hydrogen (secondary N) is 8. The molecule has 0 radical (unpaired) electrons. The predicted octanol–water partition coefficient (Wildman–Crippen LogP) is -2.10. The molecule has 0 aliphatic rings. The number of sulfonamides is 1. The number of carbonyl (C=O) groups is 1. The van der Waals surface area contributed by atoms with E-state index in [0.29, 0.717) is 65.4 Å². The van der Waals surface area contributed by atoms with Crippen LogP contribution in [0.1, 0.15) is 45.4 Å². The Morgan fingerprint density at radius 2 is 1.24 bits per heavy atom. The molecule has 0 aliphatic carbocycles. The lowest BCUT2D eigenvalue weighted by atomic mass is 10.3. The van der Waals surface area contributed by atoms with Crippen LogP contribution in [0.4, 0.5) is 0 Å². The van der Waals surface area contributed by atoms with Gasteiger partial charge in [0.15, 0.2) is 0 Å². The van der Waals surface area contributed by atoms with Gasteiger partial charge in [-0.3, -0.25) is 10.1 Å². The number of sulfone groups is 1. The third-order valence-electron chi connectivity index (χ3n) is 5.70. The van der Waals surface area contributed by atoms with Gasteiger partial charge in [0, 0.05) is 52.1 Å². The van der Waals surface area contributed by atoms with Crippen molar-refractivity contribution in [3.05, 3.63) is 0 Å². The number of carbonyl (C=O) groups excluding carboxylic acids is 1. The van der Waals surface area contributed by atoms with Gasteiger partial charge in [-0.15, -0.1) is 0 Å². The molecule has 0 fully saturated rings. The van der Waals surface area contributed by atoms with Gasteiger partial charge in [-0.05, 0) is 77.9 Å². The van der Waals surface area contributed by atoms with Crippen LogP contribution >= 0.6 is 0 Å². The van der Waals surface area contributed by atoms with E-state index in [1.165, 1.54) is 6.26 Å². The summed E-state index contributed by atoms with van der Waals surface area (Å²) in [5.41, 5.74) is 0. The average Bonchev–Trinajstić information content (AvgIpc) is 2.91. The van der Waals surface area contributed by atoms with Gasteiger partial charge in [0.1, 0.15) is 9.84 Å². The van der Waals surface area contributed by atoms with E-state index in [2.05, 4.69) is 48.9 Å². The molecule has 0 aliphatic heterocycles. The van der Waals surface area contributed by atoms with Crippen molar-refractivity contribution < 1.29 is 26.4 Å². The van der Waals surface area contributed by atoms with E-state index in [-0.39, 0.29) is 17.4 Å². The van der Waals surface area contributed by atoms with Crippen LogP contribution < -0.4 is 41.9 Å². The van der Waals surface area contributed by atoms with E-state index >= 15 is 0 Å². The van der Waals surface area contributed by atoms with Crippen LogP contribution in [0.3, 0.4) is 0 Å². The number of rotatable bonds is 32. The molecule has 0 aromatic carbocycles. The monoisotopic (exact) mass is 630 g/mol. The molecule has 16 heteroatoms. The third-order valence-corrected chi connectivity index (χ3v) is 8.12. The summed E-state index contributed by atoms with van der Waals surface area (Å²) in [5, 5.41) is 22.0. The van der Waals surface area contributed by atoms with Crippen LogP contribution in [-0.4, -0.2) is 133 Å². The van der Waals surface area contributed by atoms with Crippen molar-refractivity contribution in [2.75, 3.05) is 110 Å². The minimum Gasteiger partial charge on any atom is -0.366 e. The SMILES string of the molecule is CCNCCCNCNCCCNS(=O)(=O)CCNCCCNC(=O)CCNCCCOCNCCCS(C)(=O)=O. The zero-order valence-corrected chi connectivity index (χ0v) is 27.0. The molecule has 0 saturated heterocycles. The van der Waals surface area contributed by atoms with Gasteiger partial charge >= 0.3 is 0 Å². The summed E-state index contributed by atoms with van der Waals surface area (Å²) in [5.74, 6) is 0.182. The number of amides is 1. The van der Waals surface area contributed by atoms with Crippen LogP contribution in [0.2, 0.25) is 0 Å². The first-order valence-corrected chi connectivity index (χ1v) is 18.6. The van der Waals surface area contributed by atoms with Crippen molar-refractivity contribution in [3.63, 3.8) is 0 Å². The third kappa shape index (κ3) is 33.4. The molecule has 8 N–H and O–H groups in total. The Kier molecular flexibility index (Phi) is 27.2. The van der Waals surface area contributed by atoms with E-state index in [4.69, 9.17) is 4.74 Å². The molecular weight excluding hydrogens is 572 g/mol. The summed E-state index contributed by atoms with van der Waals surface area (Å²) in [6, 6.07) is 0. The van der Waals surface area contributed by atoms with Crippen LogP contribution in [0.5, 0.6) is 0 Å². The topological polar surface area (TPSA) is 191 Å². The van der Waals surface area contributed by atoms with Crippen molar-refractivity contribution >= 4 is 25.8 Å². The van der Waals surface area contributed by atoms with Crippen LogP contribution in [0, 0.1) is 0 Å². The van der Waals surface area contributed by atoms with Gasteiger partial charge in [-0.25, -0.2) is 21.6 Å². The lowest BCUT2D eigenvalue weighted by Crippen LogP contribution is -2.35. The van der Waals surface area contributed by atoms with Gasteiger partial charge in [-0.2, -0.15) is 0 Å². The van der Waals surface area contributed by atoms with Crippen molar-refractivity contribution in [3.8, 4) is 0 Å². The molecule has 0 spiro atoms. The lowest BCUT2D eigenvalue weighted by Gasteiger charge is -2.10. The zero-order chi connectivity index (χ0) is 30.5. The molecule has 246 valence electrons. The Bertz CT molecular complexity index is 819. The van der Waals surface area contributed by atoms with Crippen molar-refractivity contribution in [1.29, 1.82) is 0 Å². The number of ether oxygens (including phenoxy) is 1. The summed E-state index contributed by atoms with van der Waals surface area (Å²) in [6.45, 7) is 11.4. The minimum atomic E-state index is -3.30. The average molecular weight is 631 g/mol. The molecule has 41 heavy (non-hydrogen) atoms. The first-order chi connectivity index (χ1) is 19.7. The van der Waals surface area contributed by atoms with E-state index in [9.17, 15) is 21.6 Å². The fourth-order valence-electron chi connectivity index (χ4n) is 3.46. The van der Waals surface area contributed by atoms with Gasteiger partial charge in [-0.1, -0.05) is 6.92 Å². The summed E-state index contributed by atoms with van der Waals surface area (Å²) in [6.07, 6.45) is 5.53. The Balaban J connectivity index is 3.41. The quantitative estimate of drug-likeness (QED) is 0.0299. The number of hydrogen-bond acceptors (Lipinski definition) is 12. The number of hydrogen-bond donors (Lipinski definition) is 8. The molecular formula is C25H58N8O6S2. The highest BCUT2D eigenvalue weighted by Gasteiger charge is 2.08. The summed E-state index contributed by atoms with van der Waals surface area (Å²) in [7, 11) is -6.20. The molecule has 14 nitrogen and oxygen atoms in total. The van der Waals surface area contributed by atoms with Crippen molar-refractivity contribution in [2.24, 2.45) is 0 Å². The highest BCUT2D eigenvalue weighted by molar-refractivity contribution is 7.90. The maximum Gasteiger partial charge on any atom is 0.221 e. The van der Waals surface area contributed by atoms with Crippen LogP contribution in [0.25, 0.3) is 0 Å². The largest absolute Gasteiger partial charge is 0.366 e. The summed E-state index contributed by atoms with van der Waals surface area (Å²) < 4.78 is 54.2. The second kappa shape index (κ2) is 27.9. The van der Waals surface area contributed by atoms with Gasteiger partial charge < -0.3 is 36.6 Å². The van der Waals surface area contributed by atoms with Gasteiger partial charge in [0.2, 0.25) is 15.9 Å². The maximum atomic E-state index is 12.1. The molecule has 0 aromatic rings. The second-order valence-corrected chi connectivity index (χ2v) is 14.0. The zero-order valence-electron chi connectivity index (χ0n) is 25.3. The molecule has 1 amide bonds. The Morgan fingerprint density at radius 3 is 1.98 bits per heavy atom. The Morgan fingerprint density at radius 1 is 0.634 bits per heavy atom. The fourth-order valence-corrected chi connectivity index (χ4v) is 5.14. The highest BCUT2D eigenvalue weighted by atomic mass is 32.2. The van der Waals surface area contributed by atoms with E-state index in [1.54, 1.807) is 0 Å². The maximum absolute atomic E-state index is 12.1. The van der Waals surface area contributed by atoms with Crippen LogP contribution in [-0.2, 0) is 29.4 Å². The van der Waals surface area contributed by atoms with Gasteiger partial charge in [0.05, 0.1) is 18.2 Å². The van der Waals surface area contributed by atoms with E-state index in [1.807, 2.05) is 0 Å². The van der Waals surface area contributed by atoms with Gasteiger partial charge in [0.25, 0.3) is 0 Å². The Labute approximate surface area is 249 Å². The molecule has 0 saturated carbocycles. The Hall–Kier alpha value is -0.950.